The van der Waals surface area contributed by atoms with E-state index in [2.05, 4.69) is 30.6 Å². The van der Waals surface area contributed by atoms with Crippen molar-refractivity contribution in [2.45, 2.75) is 32.7 Å². The van der Waals surface area contributed by atoms with E-state index in [1.54, 1.807) is 23.0 Å². The SMILES string of the molecule is Cc1nc(Nc2nnc(C)s2)cc([C@@H]2CCCN2C(=O)/C=C/c2cnn(C)c2)n1. The number of nitrogens with one attached hydrogen (secondary N) is 1. The maximum atomic E-state index is 12.8. The lowest BCUT2D eigenvalue weighted by molar-refractivity contribution is -0.126. The van der Waals surface area contributed by atoms with Gasteiger partial charge in [0.05, 0.1) is 17.9 Å². The standard InChI is InChI=1S/C19H22N8OS/c1-12-21-15(9-17(22-12)23-19-25-24-13(2)29-19)16-5-4-8-27(16)18(28)7-6-14-10-20-26(3)11-14/h6-7,9-11,16H,4-5,8H2,1-3H3,(H,21,22,23,25)/b7-6+/t16-/m0/s1. The minimum atomic E-state index is -0.0699. The van der Waals surface area contributed by atoms with Crippen LogP contribution in [0.5, 0.6) is 0 Å². The van der Waals surface area contributed by atoms with Gasteiger partial charge in [-0.2, -0.15) is 5.10 Å². The van der Waals surface area contributed by atoms with Gasteiger partial charge in [0.1, 0.15) is 16.6 Å². The predicted molar refractivity (Wildman–Crippen MR) is 111 cm³/mol. The average molecular weight is 411 g/mol. The van der Waals surface area contributed by atoms with Crippen LogP contribution in [0.2, 0.25) is 0 Å². The topological polar surface area (TPSA) is 102 Å². The molecule has 1 atom stereocenters. The Morgan fingerprint density at radius 1 is 1.31 bits per heavy atom. The van der Waals surface area contributed by atoms with Gasteiger partial charge in [0.2, 0.25) is 11.0 Å². The lowest BCUT2D eigenvalue weighted by Crippen LogP contribution is -2.29. The molecule has 0 bridgehead atoms. The van der Waals surface area contributed by atoms with Crippen molar-refractivity contribution < 1.29 is 4.79 Å². The quantitative estimate of drug-likeness (QED) is 0.645. The molecule has 0 aromatic carbocycles. The molecule has 4 heterocycles. The van der Waals surface area contributed by atoms with Crippen molar-refractivity contribution in [3.05, 3.63) is 46.6 Å². The monoisotopic (exact) mass is 410 g/mol. The first-order valence-corrected chi connectivity index (χ1v) is 10.2. The molecule has 29 heavy (non-hydrogen) atoms. The summed E-state index contributed by atoms with van der Waals surface area (Å²) in [6.45, 7) is 4.46. The number of nitrogens with zero attached hydrogens (tertiary/aromatic N) is 7. The molecule has 4 rings (SSSR count). The molecule has 0 spiro atoms. The second-order valence-corrected chi connectivity index (χ2v) is 8.13. The minimum Gasteiger partial charge on any atom is -0.331 e. The van der Waals surface area contributed by atoms with Gasteiger partial charge in [0.25, 0.3) is 0 Å². The fourth-order valence-electron chi connectivity index (χ4n) is 3.41. The highest BCUT2D eigenvalue weighted by atomic mass is 32.1. The van der Waals surface area contributed by atoms with Gasteiger partial charge in [-0.15, -0.1) is 10.2 Å². The summed E-state index contributed by atoms with van der Waals surface area (Å²) in [4.78, 5) is 23.7. The van der Waals surface area contributed by atoms with Crippen LogP contribution < -0.4 is 5.32 Å². The molecule has 9 nitrogen and oxygen atoms in total. The predicted octanol–water partition coefficient (Wildman–Crippen LogP) is 2.80. The van der Waals surface area contributed by atoms with Gasteiger partial charge in [-0.25, -0.2) is 9.97 Å². The first-order valence-electron chi connectivity index (χ1n) is 9.38. The highest BCUT2D eigenvalue weighted by molar-refractivity contribution is 7.15. The Labute approximate surface area is 172 Å². The number of rotatable bonds is 5. The maximum Gasteiger partial charge on any atom is 0.247 e. The molecule has 3 aromatic heterocycles. The van der Waals surface area contributed by atoms with Crippen LogP contribution >= 0.6 is 11.3 Å². The van der Waals surface area contributed by atoms with Crippen molar-refractivity contribution >= 4 is 34.3 Å². The van der Waals surface area contributed by atoms with Gasteiger partial charge < -0.3 is 10.2 Å². The van der Waals surface area contributed by atoms with Crippen LogP contribution in [0.25, 0.3) is 6.08 Å². The summed E-state index contributed by atoms with van der Waals surface area (Å²) in [7, 11) is 1.85. The van der Waals surface area contributed by atoms with E-state index in [4.69, 9.17) is 0 Å². The van der Waals surface area contributed by atoms with Gasteiger partial charge in [0.15, 0.2) is 0 Å². The van der Waals surface area contributed by atoms with Gasteiger partial charge in [-0.05, 0) is 32.8 Å². The number of aryl methyl sites for hydroxylation is 3. The first-order chi connectivity index (χ1) is 14.0. The number of carbonyl (C=O) groups is 1. The zero-order chi connectivity index (χ0) is 20.4. The third-order valence-electron chi connectivity index (χ3n) is 4.64. The highest BCUT2D eigenvalue weighted by Gasteiger charge is 2.30. The first kappa shape index (κ1) is 19.2. The van der Waals surface area contributed by atoms with Gasteiger partial charge >= 0.3 is 0 Å². The number of carbonyl (C=O) groups excluding carboxylic acids is 1. The van der Waals surface area contributed by atoms with E-state index >= 15 is 0 Å². The molecule has 150 valence electrons. The smallest absolute Gasteiger partial charge is 0.247 e. The number of likely N-dealkylation sites (tertiary alicyclic amines) is 1. The number of aromatic nitrogens is 6. The summed E-state index contributed by atoms with van der Waals surface area (Å²) in [5, 5.41) is 17.0. The Morgan fingerprint density at radius 2 is 2.17 bits per heavy atom. The molecule has 0 radical (unpaired) electrons. The van der Waals surface area contributed by atoms with Crippen LogP contribution in [0.15, 0.2) is 24.5 Å². The maximum absolute atomic E-state index is 12.8. The molecular weight excluding hydrogens is 388 g/mol. The summed E-state index contributed by atoms with van der Waals surface area (Å²) in [6.07, 6.45) is 8.81. The summed E-state index contributed by atoms with van der Waals surface area (Å²) in [6, 6.07) is 1.82. The Bertz CT molecular complexity index is 1060. The van der Waals surface area contributed by atoms with Crippen LogP contribution in [-0.4, -0.2) is 47.3 Å². The average Bonchev–Trinajstić information content (AvgIpc) is 3.41. The summed E-state index contributed by atoms with van der Waals surface area (Å²) in [5.41, 5.74) is 1.73. The van der Waals surface area contributed by atoms with Gasteiger partial charge in [-0.1, -0.05) is 11.3 Å². The molecule has 0 unspecified atom stereocenters. The van der Waals surface area contributed by atoms with Gasteiger partial charge in [0, 0.05) is 37.5 Å². The fourth-order valence-corrected chi connectivity index (χ4v) is 4.01. The molecule has 1 amide bonds. The van der Waals surface area contributed by atoms with Crippen molar-refractivity contribution in [3.8, 4) is 0 Å². The Hall–Kier alpha value is -3.14. The van der Waals surface area contributed by atoms with E-state index in [0.717, 1.165) is 29.1 Å². The second-order valence-electron chi connectivity index (χ2n) is 6.95. The van der Waals surface area contributed by atoms with Crippen molar-refractivity contribution in [2.75, 3.05) is 11.9 Å². The van der Waals surface area contributed by atoms with E-state index in [1.807, 2.05) is 38.1 Å². The molecule has 10 heteroatoms. The highest BCUT2D eigenvalue weighted by Crippen LogP contribution is 2.32. The normalized spacial score (nSPS) is 16.7. The second kappa shape index (κ2) is 8.08. The van der Waals surface area contributed by atoms with Crippen LogP contribution in [-0.2, 0) is 11.8 Å². The largest absolute Gasteiger partial charge is 0.331 e. The molecular formula is C19H22N8OS. The number of amides is 1. The Morgan fingerprint density at radius 3 is 2.90 bits per heavy atom. The van der Waals surface area contributed by atoms with E-state index in [-0.39, 0.29) is 11.9 Å². The molecule has 0 aliphatic carbocycles. The number of hydrogen-bond acceptors (Lipinski definition) is 8. The fraction of sp³-hybridized carbons (Fsp3) is 0.368. The third-order valence-corrected chi connectivity index (χ3v) is 5.39. The minimum absolute atomic E-state index is 0.0260. The summed E-state index contributed by atoms with van der Waals surface area (Å²) in [5.74, 6) is 1.28. The Kier molecular flexibility index (Phi) is 5.34. The van der Waals surface area contributed by atoms with E-state index in [9.17, 15) is 4.79 Å². The van der Waals surface area contributed by atoms with Crippen molar-refractivity contribution in [1.29, 1.82) is 0 Å². The van der Waals surface area contributed by atoms with Crippen LogP contribution in [0, 0.1) is 13.8 Å². The van der Waals surface area contributed by atoms with E-state index < -0.39 is 0 Å². The summed E-state index contributed by atoms with van der Waals surface area (Å²) < 4.78 is 1.71. The van der Waals surface area contributed by atoms with Crippen molar-refractivity contribution in [2.24, 2.45) is 7.05 Å². The molecule has 0 saturated carbocycles. The number of hydrogen-bond donors (Lipinski definition) is 1. The van der Waals surface area contributed by atoms with Gasteiger partial charge in [-0.3, -0.25) is 9.48 Å². The third kappa shape index (κ3) is 4.48. The molecule has 1 saturated heterocycles. The Balaban J connectivity index is 1.53. The molecule has 1 aliphatic rings. The number of anilines is 2. The molecule has 1 N–H and O–H groups in total. The zero-order valence-corrected chi connectivity index (χ0v) is 17.3. The lowest BCUT2D eigenvalue weighted by atomic mass is 10.1. The van der Waals surface area contributed by atoms with Crippen molar-refractivity contribution in [1.82, 2.24) is 34.8 Å². The lowest BCUT2D eigenvalue weighted by Gasteiger charge is -2.23. The summed E-state index contributed by atoms with van der Waals surface area (Å²) >= 11 is 1.46. The van der Waals surface area contributed by atoms with Crippen LogP contribution in [0.4, 0.5) is 10.9 Å². The molecule has 1 fully saturated rings. The van der Waals surface area contributed by atoms with Crippen LogP contribution in [0.1, 0.15) is 41.0 Å². The molecule has 1 aliphatic heterocycles. The van der Waals surface area contributed by atoms with E-state index in [0.29, 0.717) is 23.3 Å². The zero-order valence-electron chi connectivity index (χ0n) is 16.5. The molecule has 3 aromatic rings. The van der Waals surface area contributed by atoms with E-state index in [1.165, 1.54) is 11.3 Å². The van der Waals surface area contributed by atoms with Crippen molar-refractivity contribution in [3.63, 3.8) is 0 Å². The van der Waals surface area contributed by atoms with Crippen LogP contribution in [0.3, 0.4) is 0 Å².